The minimum atomic E-state index is -1.39. The first kappa shape index (κ1) is 15.9. The molecule has 0 fully saturated rings. The summed E-state index contributed by atoms with van der Waals surface area (Å²) in [6, 6.07) is 0. The van der Waals surface area contributed by atoms with Crippen LogP contribution in [0.25, 0.3) is 0 Å². The molecule has 2 unspecified atom stereocenters. The standard InChI is InChI=1S/C10H14O8/c1-17-9(15)5(3-7(11)12)6(4-8(13)14)10(16)18-2/h5-6H,3-4H2,1-2H3,(H,11,12)(H,13,14). The second-order valence-electron chi connectivity index (χ2n) is 3.46. The number of methoxy groups -OCH3 is 2. The second kappa shape index (κ2) is 7.25. The molecule has 0 saturated heterocycles. The van der Waals surface area contributed by atoms with Gasteiger partial charge in [0.15, 0.2) is 0 Å². The Labute approximate surface area is 102 Å². The van der Waals surface area contributed by atoms with Crippen LogP contribution >= 0.6 is 0 Å². The first-order chi connectivity index (χ1) is 8.33. The van der Waals surface area contributed by atoms with E-state index in [9.17, 15) is 19.2 Å². The Kier molecular flexibility index (Phi) is 6.40. The molecule has 0 aliphatic carbocycles. The number of hydrogen-bond acceptors (Lipinski definition) is 6. The van der Waals surface area contributed by atoms with E-state index in [0.717, 1.165) is 14.2 Å². The van der Waals surface area contributed by atoms with Gasteiger partial charge >= 0.3 is 23.9 Å². The Bertz CT molecular complexity index is 314. The van der Waals surface area contributed by atoms with Gasteiger partial charge < -0.3 is 19.7 Å². The number of esters is 2. The molecule has 0 rings (SSSR count). The minimum Gasteiger partial charge on any atom is -0.481 e. The van der Waals surface area contributed by atoms with Gasteiger partial charge in [-0.15, -0.1) is 0 Å². The van der Waals surface area contributed by atoms with Crippen LogP contribution in [-0.4, -0.2) is 48.3 Å². The number of carbonyl (C=O) groups excluding carboxylic acids is 2. The molecule has 8 heteroatoms. The second-order valence-corrected chi connectivity index (χ2v) is 3.46. The van der Waals surface area contributed by atoms with Gasteiger partial charge in [0.1, 0.15) is 0 Å². The van der Waals surface area contributed by atoms with E-state index >= 15 is 0 Å². The molecule has 0 spiro atoms. The predicted molar refractivity (Wildman–Crippen MR) is 55.5 cm³/mol. The Balaban J connectivity index is 5.17. The van der Waals surface area contributed by atoms with Crippen molar-refractivity contribution < 1.29 is 38.9 Å². The van der Waals surface area contributed by atoms with Crippen LogP contribution in [0, 0.1) is 11.8 Å². The summed E-state index contributed by atoms with van der Waals surface area (Å²) in [5.41, 5.74) is 0. The van der Waals surface area contributed by atoms with Crippen molar-refractivity contribution in [2.75, 3.05) is 14.2 Å². The molecule has 0 bridgehead atoms. The average Bonchev–Trinajstić information content (AvgIpc) is 2.30. The van der Waals surface area contributed by atoms with E-state index in [1.165, 1.54) is 0 Å². The minimum absolute atomic E-state index is 0.709. The van der Waals surface area contributed by atoms with Gasteiger partial charge in [-0.05, 0) is 0 Å². The fraction of sp³-hybridized carbons (Fsp3) is 0.600. The number of rotatable bonds is 7. The lowest BCUT2D eigenvalue weighted by Gasteiger charge is -2.20. The summed E-state index contributed by atoms with van der Waals surface area (Å²) in [6.07, 6.45) is -1.42. The van der Waals surface area contributed by atoms with E-state index < -0.39 is 48.6 Å². The molecule has 2 N–H and O–H groups in total. The molecular formula is C10H14O8. The smallest absolute Gasteiger partial charge is 0.310 e. The van der Waals surface area contributed by atoms with Gasteiger partial charge in [0.25, 0.3) is 0 Å². The third kappa shape index (κ3) is 4.81. The number of hydrogen-bond donors (Lipinski definition) is 2. The zero-order chi connectivity index (χ0) is 14.3. The number of carboxylic acid groups (broad SMARTS) is 2. The van der Waals surface area contributed by atoms with Gasteiger partial charge in [-0.2, -0.15) is 0 Å². The van der Waals surface area contributed by atoms with Crippen molar-refractivity contribution in [3.63, 3.8) is 0 Å². The fourth-order valence-electron chi connectivity index (χ4n) is 1.46. The molecule has 0 heterocycles. The van der Waals surface area contributed by atoms with Crippen LogP contribution in [-0.2, 0) is 28.7 Å². The van der Waals surface area contributed by atoms with Gasteiger partial charge in [0, 0.05) is 0 Å². The highest BCUT2D eigenvalue weighted by molar-refractivity contribution is 5.87. The summed E-state index contributed by atoms with van der Waals surface area (Å²) in [7, 11) is 2.04. The maximum Gasteiger partial charge on any atom is 0.310 e. The van der Waals surface area contributed by atoms with Crippen molar-refractivity contribution in [2.45, 2.75) is 12.8 Å². The SMILES string of the molecule is COC(=O)C(CC(=O)O)C(CC(=O)O)C(=O)OC. The zero-order valence-corrected chi connectivity index (χ0v) is 9.91. The lowest BCUT2D eigenvalue weighted by Crippen LogP contribution is -2.35. The Morgan fingerprint density at radius 2 is 1.11 bits per heavy atom. The largest absolute Gasteiger partial charge is 0.481 e. The molecule has 0 amide bonds. The highest BCUT2D eigenvalue weighted by Gasteiger charge is 2.38. The van der Waals surface area contributed by atoms with Crippen molar-refractivity contribution in [3.05, 3.63) is 0 Å². The molecule has 0 aliphatic heterocycles. The molecule has 0 radical (unpaired) electrons. The van der Waals surface area contributed by atoms with Crippen LogP contribution in [0.5, 0.6) is 0 Å². The average molecular weight is 262 g/mol. The number of carbonyl (C=O) groups is 4. The van der Waals surface area contributed by atoms with Gasteiger partial charge in [0.2, 0.25) is 0 Å². The molecule has 0 saturated carbocycles. The maximum atomic E-state index is 11.4. The third-order valence-electron chi connectivity index (χ3n) is 2.28. The van der Waals surface area contributed by atoms with Crippen LogP contribution in [0.15, 0.2) is 0 Å². The summed E-state index contributed by atoms with van der Waals surface area (Å²) in [5, 5.41) is 17.3. The maximum absolute atomic E-state index is 11.4. The van der Waals surface area contributed by atoms with Gasteiger partial charge in [0.05, 0.1) is 38.9 Å². The van der Waals surface area contributed by atoms with Crippen LogP contribution in [0.1, 0.15) is 12.8 Å². The fourth-order valence-corrected chi connectivity index (χ4v) is 1.46. The van der Waals surface area contributed by atoms with Crippen molar-refractivity contribution >= 4 is 23.9 Å². The van der Waals surface area contributed by atoms with Crippen molar-refractivity contribution in [1.82, 2.24) is 0 Å². The molecule has 8 nitrogen and oxygen atoms in total. The Morgan fingerprint density at radius 1 is 0.833 bits per heavy atom. The third-order valence-corrected chi connectivity index (χ3v) is 2.28. The van der Waals surface area contributed by atoms with Crippen LogP contribution in [0.3, 0.4) is 0 Å². The van der Waals surface area contributed by atoms with Crippen LogP contribution < -0.4 is 0 Å². The van der Waals surface area contributed by atoms with Crippen molar-refractivity contribution in [1.29, 1.82) is 0 Å². The molecule has 0 aromatic rings. The monoisotopic (exact) mass is 262 g/mol. The van der Waals surface area contributed by atoms with Gasteiger partial charge in [-0.25, -0.2) is 0 Å². The summed E-state index contributed by atoms with van der Waals surface area (Å²) < 4.78 is 8.73. The van der Waals surface area contributed by atoms with Crippen LogP contribution in [0.2, 0.25) is 0 Å². The summed E-state index contributed by atoms with van der Waals surface area (Å²) in [6.45, 7) is 0. The summed E-state index contributed by atoms with van der Waals surface area (Å²) in [4.78, 5) is 44.1. The van der Waals surface area contributed by atoms with E-state index in [-0.39, 0.29) is 0 Å². The number of carboxylic acids is 2. The van der Waals surface area contributed by atoms with Crippen LogP contribution in [0.4, 0.5) is 0 Å². The van der Waals surface area contributed by atoms with E-state index in [1.807, 2.05) is 0 Å². The highest BCUT2D eigenvalue weighted by atomic mass is 16.5. The molecule has 0 aromatic heterocycles. The Morgan fingerprint density at radius 3 is 1.28 bits per heavy atom. The topological polar surface area (TPSA) is 127 Å². The van der Waals surface area contributed by atoms with Gasteiger partial charge in [-0.1, -0.05) is 0 Å². The quantitative estimate of drug-likeness (QED) is 0.588. The van der Waals surface area contributed by atoms with E-state index in [1.54, 1.807) is 0 Å². The lowest BCUT2D eigenvalue weighted by atomic mass is 9.87. The van der Waals surface area contributed by atoms with Crippen molar-refractivity contribution in [3.8, 4) is 0 Å². The Hall–Kier alpha value is -2.12. The normalized spacial score (nSPS) is 13.2. The summed E-state index contributed by atoms with van der Waals surface area (Å²) in [5.74, 6) is -7.40. The molecule has 2 atom stereocenters. The first-order valence-electron chi connectivity index (χ1n) is 4.92. The first-order valence-corrected chi connectivity index (χ1v) is 4.92. The number of aliphatic carboxylic acids is 2. The van der Waals surface area contributed by atoms with Gasteiger partial charge in [-0.3, -0.25) is 19.2 Å². The van der Waals surface area contributed by atoms with E-state index in [4.69, 9.17) is 10.2 Å². The molecule has 18 heavy (non-hydrogen) atoms. The van der Waals surface area contributed by atoms with Crippen molar-refractivity contribution in [2.24, 2.45) is 11.8 Å². The van der Waals surface area contributed by atoms with E-state index in [2.05, 4.69) is 9.47 Å². The molecule has 102 valence electrons. The van der Waals surface area contributed by atoms with E-state index in [0.29, 0.717) is 0 Å². The molecular weight excluding hydrogens is 248 g/mol. The predicted octanol–water partition coefficient (Wildman–Crippen LogP) is -0.486. The number of ether oxygens (including phenoxy) is 2. The lowest BCUT2D eigenvalue weighted by molar-refractivity contribution is -0.163. The highest BCUT2D eigenvalue weighted by Crippen LogP contribution is 2.23. The molecule has 0 aromatic carbocycles. The molecule has 0 aliphatic rings. The zero-order valence-electron chi connectivity index (χ0n) is 9.91. The summed E-state index contributed by atoms with van der Waals surface area (Å²) >= 11 is 0.